The molecule has 1 fully saturated rings. The van der Waals surface area contributed by atoms with Crippen molar-refractivity contribution in [1.29, 1.82) is 0 Å². The first-order valence-corrected chi connectivity index (χ1v) is 6.84. The van der Waals surface area contributed by atoms with Crippen molar-refractivity contribution in [2.24, 2.45) is 0 Å². The number of rotatable bonds is 2. The van der Waals surface area contributed by atoms with Gasteiger partial charge in [0.05, 0.1) is 22.2 Å². The lowest BCUT2D eigenvalue weighted by atomic mass is 10.1. The summed E-state index contributed by atoms with van der Waals surface area (Å²) >= 11 is 6.28. The van der Waals surface area contributed by atoms with E-state index < -0.39 is 0 Å². The third-order valence-corrected chi connectivity index (χ3v) is 4.00. The first-order valence-electron chi connectivity index (χ1n) is 6.46. The summed E-state index contributed by atoms with van der Waals surface area (Å²) in [6.45, 7) is 5.21. The molecule has 0 saturated carbocycles. The highest BCUT2D eigenvalue weighted by Gasteiger charge is 2.31. The Morgan fingerprint density at radius 1 is 1.39 bits per heavy atom. The molecular formula is C15H18ClNO. The minimum atomic E-state index is 0.0252. The molecule has 96 valence electrons. The number of aromatic nitrogens is 1. The van der Waals surface area contributed by atoms with Crippen LogP contribution in [0.4, 0.5) is 0 Å². The number of benzene rings is 1. The lowest BCUT2D eigenvalue weighted by Crippen LogP contribution is -2.22. The van der Waals surface area contributed by atoms with Crippen molar-refractivity contribution < 1.29 is 4.74 Å². The average molecular weight is 264 g/mol. The molecule has 2 heterocycles. The molecule has 1 atom stereocenters. The van der Waals surface area contributed by atoms with E-state index in [0.29, 0.717) is 6.10 Å². The predicted molar refractivity (Wildman–Crippen MR) is 75.1 cm³/mol. The number of hydrogen-bond acceptors (Lipinski definition) is 1. The van der Waals surface area contributed by atoms with Gasteiger partial charge in [0.15, 0.2) is 0 Å². The van der Waals surface area contributed by atoms with Gasteiger partial charge in [-0.25, -0.2) is 0 Å². The molecule has 0 radical (unpaired) electrons. The van der Waals surface area contributed by atoms with Gasteiger partial charge in [0, 0.05) is 18.1 Å². The van der Waals surface area contributed by atoms with Crippen molar-refractivity contribution in [3.8, 4) is 0 Å². The fraction of sp³-hybridized carbons (Fsp3) is 0.467. The van der Waals surface area contributed by atoms with E-state index in [4.69, 9.17) is 16.3 Å². The number of para-hydroxylation sites is 1. The van der Waals surface area contributed by atoms with Gasteiger partial charge in [-0.15, -0.1) is 0 Å². The number of nitrogens with zero attached hydrogens (tertiary/aromatic N) is 1. The van der Waals surface area contributed by atoms with Crippen LogP contribution in [0.1, 0.15) is 26.7 Å². The Hall–Kier alpha value is -0.990. The van der Waals surface area contributed by atoms with Gasteiger partial charge in [-0.05, 0) is 38.8 Å². The molecule has 0 aliphatic carbocycles. The molecule has 18 heavy (non-hydrogen) atoms. The van der Waals surface area contributed by atoms with Gasteiger partial charge in [0.2, 0.25) is 0 Å². The number of hydrogen-bond donors (Lipinski definition) is 0. The van der Waals surface area contributed by atoms with Crippen molar-refractivity contribution in [3.63, 3.8) is 0 Å². The minimum Gasteiger partial charge on any atom is -0.370 e. The van der Waals surface area contributed by atoms with Crippen LogP contribution in [0.3, 0.4) is 0 Å². The highest BCUT2D eigenvalue weighted by atomic mass is 35.5. The highest BCUT2D eigenvalue weighted by molar-refractivity contribution is 6.35. The van der Waals surface area contributed by atoms with Crippen molar-refractivity contribution >= 4 is 22.5 Å². The maximum absolute atomic E-state index is 6.28. The van der Waals surface area contributed by atoms with Crippen molar-refractivity contribution in [3.05, 3.63) is 35.5 Å². The SMILES string of the molecule is CC1(C)CCC(Cn2ccc3cccc(Cl)c32)O1. The Balaban J connectivity index is 1.88. The molecule has 0 amide bonds. The number of ether oxygens (including phenoxy) is 1. The molecule has 1 aromatic carbocycles. The van der Waals surface area contributed by atoms with Crippen LogP contribution in [0, 0.1) is 0 Å². The molecule has 0 N–H and O–H groups in total. The second-order valence-corrected chi connectivity index (χ2v) is 6.09. The predicted octanol–water partition coefficient (Wildman–Crippen LogP) is 4.25. The van der Waals surface area contributed by atoms with Gasteiger partial charge in [-0.1, -0.05) is 23.7 Å². The summed E-state index contributed by atoms with van der Waals surface area (Å²) in [4.78, 5) is 0. The van der Waals surface area contributed by atoms with Gasteiger partial charge in [-0.2, -0.15) is 0 Å². The third kappa shape index (κ3) is 2.15. The summed E-state index contributed by atoms with van der Waals surface area (Å²) in [6, 6.07) is 8.14. The Bertz CT molecular complexity index is 573. The van der Waals surface area contributed by atoms with E-state index in [9.17, 15) is 0 Å². The van der Waals surface area contributed by atoms with Gasteiger partial charge < -0.3 is 9.30 Å². The largest absolute Gasteiger partial charge is 0.370 e. The number of fused-ring (bicyclic) bond motifs is 1. The van der Waals surface area contributed by atoms with Gasteiger partial charge >= 0.3 is 0 Å². The Labute approximate surface area is 112 Å². The molecule has 1 aliphatic heterocycles. The zero-order valence-electron chi connectivity index (χ0n) is 10.8. The molecule has 1 unspecified atom stereocenters. The van der Waals surface area contributed by atoms with Crippen LogP contribution < -0.4 is 0 Å². The zero-order valence-corrected chi connectivity index (χ0v) is 11.6. The number of halogens is 1. The van der Waals surface area contributed by atoms with Crippen molar-refractivity contribution in [1.82, 2.24) is 4.57 Å². The zero-order chi connectivity index (χ0) is 12.8. The van der Waals surface area contributed by atoms with Crippen LogP contribution in [0.15, 0.2) is 30.5 Å². The van der Waals surface area contributed by atoms with Crippen LogP contribution in [0.5, 0.6) is 0 Å². The molecule has 2 aromatic rings. The van der Waals surface area contributed by atoms with Crippen molar-refractivity contribution in [2.75, 3.05) is 0 Å². The van der Waals surface area contributed by atoms with Gasteiger partial charge in [-0.3, -0.25) is 0 Å². The maximum atomic E-state index is 6.28. The van der Waals surface area contributed by atoms with E-state index in [1.54, 1.807) is 0 Å². The molecule has 1 aliphatic rings. The topological polar surface area (TPSA) is 14.2 Å². The van der Waals surface area contributed by atoms with Crippen LogP contribution in [0.25, 0.3) is 10.9 Å². The van der Waals surface area contributed by atoms with E-state index in [2.05, 4.69) is 36.7 Å². The standard InChI is InChI=1S/C15H18ClNO/c1-15(2)8-6-12(18-15)10-17-9-7-11-4-3-5-13(16)14(11)17/h3-5,7,9,12H,6,8,10H2,1-2H3. The lowest BCUT2D eigenvalue weighted by molar-refractivity contribution is -0.0212. The molecule has 0 spiro atoms. The van der Waals surface area contributed by atoms with Gasteiger partial charge in [0.25, 0.3) is 0 Å². The summed E-state index contributed by atoms with van der Waals surface area (Å²) in [7, 11) is 0. The average Bonchev–Trinajstić information content (AvgIpc) is 2.85. The molecule has 3 rings (SSSR count). The third-order valence-electron chi connectivity index (χ3n) is 3.69. The second-order valence-electron chi connectivity index (χ2n) is 5.68. The van der Waals surface area contributed by atoms with E-state index in [-0.39, 0.29) is 5.60 Å². The molecule has 0 bridgehead atoms. The molecular weight excluding hydrogens is 246 g/mol. The molecule has 1 saturated heterocycles. The Morgan fingerprint density at radius 2 is 2.22 bits per heavy atom. The monoisotopic (exact) mass is 263 g/mol. The summed E-state index contributed by atoms with van der Waals surface area (Å²) in [6.07, 6.45) is 4.65. The summed E-state index contributed by atoms with van der Waals surface area (Å²) in [5.41, 5.74) is 1.14. The molecule has 2 nitrogen and oxygen atoms in total. The first kappa shape index (κ1) is 12.1. The summed E-state index contributed by atoms with van der Waals surface area (Å²) in [5.74, 6) is 0. The highest BCUT2D eigenvalue weighted by Crippen LogP contribution is 2.32. The van der Waals surface area contributed by atoms with Crippen LogP contribution in [-0.2, 0) is 11.3 Å². The minimum absolute atomic E-state index is 0.0252. The lowest BCUT2D eigenvalue weighted by Gasteiger charge is -2.20. The Kier molecular flexibility index (Phi) is 2.87. The van der Waals surface area contributed by atoms with Crippen LogP contribution >= 0.6 is 11.6 Å². The molecule has 1 aromatic heterocycles. The fourth-order valence-corrected chi connectivity index (χ4v) is 3.08. The van der Waals surface area contributed by atoms with Crippen LogP contribution in [-0.4, -0.2) is 16.3 Å². The normalized spacial score (nSPS) is 22.7. The van der Waals surface area contributed by atoms with E-state index in [1.165, 1.54) is 5.39 Å². The van der Waals surface area contributed by atoms with Crippen LogP contribution in [0.2, 0.25) is 5.02 Å². The quantitative estimate of drug-likeness (QED) is 0.790. The summed E-state index contributed by atoms with van der Waals surface area (Å²) in [5, 5.41) is 2.01. The molecule has 3 heteroatoms. The second kappa shape index (κ2) is 4.29. The van der Waals surface area contributed by atoms with E-state index in [0.717, 1.165) is 29.9 Å². The maximum Gasteiger partial charge on any atom is 0.0762 e. The Morgan fingerprint density at radius 3 is 2.94 bits per heavy atom. The van der Waals surface area contributed by atoms with Crippen molar-refractivity contribution in [2.45, 2.75) is 44.9 Å². The van der Waals surface area contributed by atoms with E-state index in [1.807, 2.05) is 12.1 Å². The summed E-state index contributed by atoms with van der Waals surface area (Å²) < 4.78 is 8.26. The fourth-order valence-electron chi connectivity index (χ4n) is 2.79. The van der Waals surface area contributed by atoms with E-state index >= 15 is 0 Å². The van der Waals surface area contributed by atoms with Gasteiger partial charge in [0.1, 0.15) is 0 Å². The smallest absolute Gasteiger partial charge is 0.0762 e. The first-order chi connectivity index (χ1) is 8.55.